The summed E-state index contributed by atoms with van der Waals surface area (Å²) in [7, 11) is 0. The Hall–Kier alpha value is -1.86. The van der Waals surface area contributed by atoms with Crippen LogP contribution in [0.5, 0.6) is 0 Å². The minimum atomic E-state index is -0.434. The zero-order chi connectivity index (χ0) is 18.1. The van der Waals surface area contributed by atoms with Crippen molar-refractivity contribution < 1.29 is 9.53 Å². The lowest BCUT2D eigenvalue weighted by molar-refractivity contribution is 0.144. The fourth-order valence-corrected chi connectivity index (χ4v) is 2.53. The molecule has 0 bridgehead atoms. The maximum absolute atomic E-state index is 11.8. The number of unbranched alkanes of at least 4 members (excludes halogenated alkanes) is 1. The molecule has 0 unspecified atom stereocenters. The molecule has 1 heterocycles. The molecular weight excluding hydrogens is 408 g/mol. The molecule has 0 saturated carbocycles. The van der Waals surface area contributed by atoms with Gasteiger partial charge < -0.3 is 15.4 Å². The van der Waals surface area contributed by atoms with Crippen LogP contribution in [0.4, 0.5) is 10.6 Å². The lowest BCUT2D eigenvalue weighted by atomic mass is 10.1. The zero-order valence-electron chi connectivity index (χ0n) is 13.8. The van der Waals surface area contributed by atoms with E-state index in [1.54, 1.807) is 6.20 Å². The molecule has 0 saturated heterocycles. The van der Waals surface area contributed by atoms with Crippen LogP contribution in [-0.4, -0.2) is 29.2 Å². The summed E-state index contributed by atoms with van der Waals surface area (Å²) in [4.78, 5) is 19.9. The highest BCUT2D eigenvalue weighted by atomic mass is 79.9. The Labute approximate surface area is 160 Å². The molecule has 1 aromatic heterocycles. The Kier molecular flexibility index (Phi) is 7.94. The summed E-state index contributed by atoms with van der Waals surface area (Å²) in [5.74, 6) is 0.551. The van der Waals surface area contributed by atoms with E-state index < -0.39 is 6.09 Å². The molecule has 1 atom stereocenters. The quantitative estimate of drug-likeness (QED) is 0.476. The number of halogens is 2. The predicted octanol–water partition coefficient (Wildman–Crippen LogP) is 4.57. The summed E-state index contributed by atoms with van der Waals surface area (Å²) < 4.78 is 5.81. The monoisotopic (exact) mass is 426 g/mol. The van der Waals surface area contributed by atoms with Gasteiger partial charge in [0, 0.05) is 12.7 Å². The van der Waals surface area contributed by atoms with Crippen molar-refractivity contribution in [2.24, 2.45) is 0 Å². The van der Waals surface area contributed by atoms with E-state index in [9.17, 15) is 4.79 Å². The number of hydrogen-bond acceptors (Lipinski definition) is 5. The average Bonchev–Trinajstić information content (AvgIpc) is 2.62. The van der Waals surface area contributed by atoms with Gasteiger partial charge >= 0.3 is 6.09 Å². The molecule has 2 aromatic rings. The first-order chi connectivity index (χ1) is 12.1. The first-order valence-electron chi connectivity index (χ1n) is 8.00. The molecule has 0 aliphatic rings. The normalized spacial score (nSPS) is 11.6. The van der Waals surface area contributed by atoms with Crippen LogP contribution in [0.25, 0.3) is 0 Å². The smallest absolute Gasteiger partial charge is 0.407 e. The third kappa shape index (κ3) is 6.51. The standard InChI is InChI=1S/C17H20BrClN4O2/c1-2-3-9-25-17(24)21-11-14(12-7-5-4-6-8-12)22-15-13(18)10-20-16(19)23-15/h4-8,10,14H,2-3,9,11H2,1H3,(H,21,24)(H,20,22,23)/t14-/m0/s1. The number of carbonyl (C=O) groups excluding carboxylic acids is 1. The number of aromatic nitrogens is 2. The van der Waals surface area contributed by atoms with Crippen LogP contribution >= 0.6 is 27.5 Å². The Bertz CT molecular complexity index is 688. The number of benzene rings is 1. The number of hydrogen-bond donors (Lipinski definition) is 2. The summed E-state index contributed by atoms with van der Waals surface area (Å²) in [6.45, 7) is 2.79. The number of anilines is 1. The summed E-state index contributed by atoms with van der Waals surface area (Å²) >= 11 is 9.27. The predicted molar refractivity (Wildman–Crippen MR) is 102 cm³/mol. The van der Waals surface area contributed by atoms with Crippen LogP contribution < -0.4 is 10.6 Å². The second-order valence-corrected chi connectivity index (χ2v) is 6.51. The molecule has 2 rings (SSSR count). The maximum atomic E-state index is 11.8. The molecule has 6 nitrogen and oxygen atoms in total. The number of nitrogens with one attached hydrogen (secondary N) is 2. The average molecular weight is 428 g/mol. The van der Waals surface area contributed by atoms with Gasteiger partial charge in [-0.15, -0.1) is 0 Å². The largest absolute Gasteiger partial charge is 0.450 e. The molecule has 25 heavy (non-hydrogen) atoms. The second kappa shape index (κ2) is 10.2. The van der Waals surface area contributed by atoms with E-state index in [0.29, 0.717) is 23.4 Å². The first kappa shape index (κ1) is 19.5. The molecule has 0 fully saturated rings. The molecule has 2 N–H and O–H groups in total. The topological polar surface area (TPSA) is 76.1 Å². The van der Waals surface area contributed by atoms with Gasteiger partial charge in [0.05, 0.1) is 17.1 Å². The van der Waals surface area contributed by atoms with Crippen LogP contribution in [0.15, 0.2) is 41.0 Å². The number of nitrogens with zero attached hydrogens (tertiary/aromatic N) is 2. The minimum absolute atomic E-state index is 0.143. The van der Waals surface area contributed by atoms with E-state index in [4.69, 9.17) is 16.3 Å². The number of ether oxygens (including phenoxy) is 1. The van der Waals surface area contributed by atoms with Gasteiger partial charge in [0.2, 0.25) is 5.28 Å². The third-order valence-electron chi connectivity index (χ3n) is 3.41. The number of alkyl carbamates (subject to hydrolysis) is 1. The number of amides is 1. The third-order valence-corrected chi connectivity index (χ3v) is 4.17. The molecule has 0 radical (unpaired) electrons. The molecule has 0 aliphatic heterocycles. The molecule has 8 heteroatoms. The van der Waals surface area contributed by atoms with E-state index in [2.05, 4.69) is 36.5 Å². The number of rotatable bonds is 8. The molecule has 0 aliphatic carbocycles. The number of carbonyl (C=O) groups is 1. The zero-order valence-corrected chi connectivity index (χ0v) is 16.2. The first-order valence-corrected chi connectivity index (χ1v) is 9.17. The van der Waals surface area contributed by atoms with E-state index >= 15 is 0 Å². The summed E-state index contributed by atoms with van der Waals surface area (Å²) in [5, 5.41) is 6.20. The SMILES string of the molecule is CCCCOC(=O)NC[C@H](Nc1nc(Cl)ncc1Br)c1ccccc1. The van der Waals surface area contributed by atoms with Crippen LogP contribution in [0, 0.1) is 0 Å². The van der Waals surface area contributed by atoms with Gasteiger partial charge in [0.15, 0.2) is 0 Å². The highest BCUT2D eigenvalue weighted by Crippen LogP contribution is 2.25. The Morgan fingerprint density at radius 2 is 2.12 bits per heavy atom. The lowest BCUT2D eigenvalue weighted by Gasteiger charge is -2.21. The maximum Gasteiger partial charge on any atom is 0.407 e. The van der Waals surface area contributed by atoms with Crippen molar-refractivity contribution >= 4 is 39.4 Å². The van der Waals surface area contributed by atoms with Gasteiger partial charge in [0.25, 0.3) is 0 Å². The van der Waals surface area contributed by atoms with Crippen molar-refractivity contribution in [3.63, 3.8) is 0 Å². The molecular formula is C17H20BrClN4O2. The van der Waals surface area contributed by atoms with Crippen molar-refractivity contribution in [2.45, 2.75) is 25.8 Å². The van der Waals surface area contributed by atoms with Crippen molar-refractivity contribution in [2.75, 3.05) is 18.5 Å². The summed E-state index contributed by atoms with van der Waals surface area (Å²) in [6.07, 6.45) is 2.96. The Morgan fingerprint density at radius 3 is 2.84 bits per heavy atom. The van der Waals surface area contributed by atoms with E-state index in [-0.39, 0.29) is 11.3 Å². The van der Waals surface area contributed by atoms with Gasteiger partial charge in [-0.2, -0.15) is 4.98 Å². The lowest BCUT2D eigenvalue weighted by Crippen LogP contribution is -2.32. The van der Waals surface area contributed by atoms with Crippen molar-refractivity contribution in [1.82, 2.24) is 15.3 Å². The van der Waals surface area contributed by atoms with Gasteiger partial charge in [0.1, 0.15) is 5.82 Å². The van der Waals surface area contributed by atoms with Crippen LogP contribution in [0.1, 0.15) is 31.4 Å². The van der Waals surface area contributed by atoms with Crippen molar-refractivity contribution in [3.8, 4) is 0 Å². The Balaban J connectivity index is 2.06. The summed E-state index contributed by atoms with van der Waals surface area (Å²) in [6, 6.07) is 9.54. The van der Waals surface area contributed by atoms with Crippen LogP contribution in [0.2, 0.25) is 5.28 Å². The Morgan fingerprint density at radius 1 is 1.36 bits per heavy atom. The molecule has 1 aromatic carbocycles. The molecule has 134 valence electrons. The second-order valence-electron chi connectivity index (χ2n) is 5.31. The molecule has 0 spiro atoms. The minimum Gasteiger partial charge on any atom is -0.450 e. The summed E-state index contributed by atoms with van der Waals surface area (Å²) in [5.41, 5.74) is 0.998. The van der Waals surface area contributed by atoms with Crippen LogP contribution in [0.3, 0.4) is 0 Å². The highest BCUT2D eigenvalue weighted by Gasteiger charge is 2.16. The fourth-order valence-electron chi connectivity index (χ4n) is 2.10. The van der Waals surface area contributed by atoms with E-state index in [1.165, 1.54) is 0 Å². The van der Waals surface area contributed by atoms with Crippen molar-refractivity contribution in [3.05, 3.63) is 51.8 Å². The van der Waals surface area contributed by atoms with Gasteiger partial charge in [-0.3, -0.25) is 0 Å². The van der Waals surface area contributed by atoms with Crippen LogP contribution in [-0.2, 0) is 4.74 Å². The fraction of sp³-hybridized carbons (Fsp3) is 0.353. The van der Waals surface area contributed by atoms with E-state index in [0.717, 1.165) is 18.4 Å². The van der Waals surface area contributed by atoms with Gasteiger partial charge in [-0.25, -0.2) is 9.78 Å². The van der Waals surface area contributed by atoms with Crippen molar-refractivity contribution in [1.29, 1.82) is 0 Å². The highest BCUT2D eigenvalue weighted by molar-refractivity contribution is 9.10. The molecule has 1 amide bonds. The van der Waals surface area contributed by atoms with Gasteiger partial charge in [-0.1, -0.05) is 43.7 Å². The van der Waals surface area contributed by atoms with Gasteiger partial charge in [-0.05, 0) is 39.5 Å². The van der Waals surface area contributed by atoms with E-state index in [1.807, 2.05) is 37.3 Å².